The number of hydrogen-bond donors (Lipinski definition) is 1. The van der Waals surface area contributed by atoms with Gasteiger partial charge in [0.2, 0.25) is 0 Å². The zero-order valence-electron chi connectivity index (χ0n) is 9.29. The molecule has 2 unspecified atom stereocenters. The number of nitrogens with one attached hydrogen (secondary N) is 1. The standard InChI is InChI=1S/C12H18BrNS/c1-8(9-3-4-9)11(14-2)7-12-10(13)5-6-15-12/h5-6,8-9,11,14H,3-4,7H2,1-2H3. The summed E-state index contributed by atoms with van der Waals surface area (Å²) >= 11 is 5.46. The number of likely N-dealkylation sites (N-methyl/N-ethyl adjacent to an activating group) is 1. The van der Waals surface area contributed by atoms with E-state index in [2.05, 4.69) is 46.7 Å². The van der Waals surface area contributed by atoms with Crippen molar-refractivity contribution in [3.8, 4) is 0 Å². The third-order valence-electron chi connectivity index (χ3n) is 3.47. The summed E-state index contributed by atoms with van der Waals surface area (Å²) in [6.07, 6.45) is 4.03. The SMILES string of the molecule is CNC(Cc1sccc1Br)C(C)C1CC1. The molecule has 1 N–H and O–H groups in total. The van der Waals surface area contributed by atoms with Crippen LogP contribution in [0.5, 0.6) is 0 Å². The van der Waals surface area contributed by atoms with Crippen LogP contribution in [0.25, 0.3) is 0 Å². The molecule has 1 fully saturated rings. The van der Waals surface area contributed by atoms with E-state index in [9.17, 15) is 0 Å². The molecule has 2 rings (SSSR count). The molecule has 0 bridgehead atoms. The Morgan fingerprint density at radius 1 is 1.60 bits per heavy atom. The van der Waals surface area contributed by atoms with Crippen molar-refractivity contribution in [1.82, 2.24) is 5.32 Å². The van der Waals surface area contributed by atoms with E-state index in [0.29, 0.717) is 6.04 Å². The van der Waals surface area contributed by atoms with Gasteiger partial charge in [-0.25, -0.2) is 0 Å². The third kappa shape index (κ3) is 2.83. The monoisotopic (exact) mass is 287 g/mol. The Labute approximate surface area is 104 Å². The molecule has 1 aromatic heterocycles. The van der Waals surface area contributed by atoms with E-state index in [-0.39, 0.29) is 0 Å². The van der Waals surface area contributed by atoms with Crippen LogP contribution in [0.4, 0.5) is 0 Å². The van der Waals surface area contributed by atoms with Crippen molar-refractivity contribution < 1.29 is 0 Å². The van der Waals surface area contributed by atoms with Gasteiger partial charge in [-0.3, -0.25) is 0 Å². The molecular formula is C12H18BrNS. The maximum atomic E-state index is 3.61. The van der Waals surface area contributed by atoms with Gasteiger partial charge in [-0.15, -0.1) is 11.3 Å². The van der Waals surface area contributed by atoms with Gasteiger partial charge in [0.15, 0.2) is 0 Å². The van der Waals surface area contributed by atoms with Crippen LogP contribution in [-0.2, 0) is 6.42 Å². The molecule has 0 aromatic carbocycles. The summed E-state index contributed by atoms with van der Waals surface area (Å²) in [5.74, 6) is 1.78. The van der Waals surface area contributed by atoms with E-state index in [1.807, 2.05) is 11.3 Å². The van der Waals surface area contributed by atoms with Crippen LogP contribution in [0.3, 0.4) is 0 Å². The number of halogens is 1. The first-order valence-electron chi connectivity index (χ1n) is 5.61. The van der Waals surface area contributed by atoms with Crippen molar-refractivity contribution in [2.45, 2.75) is 32.2 Å². The summed E-state index contributed by atoms with van der Waals surface area (Å²) in [7, 11) is 2.09. The molecule has 0 amide bonds. The minimum Gasteiger partial charge on any atom is -0.316 e. The molecule has 0 radical (unpaired) electrons. The average molecular weight is 288 g/mol. The number of hydrogen-bond acceptors (Lipinski definition) is 2. The van der Waals surface area contributed by atoms with Crippen molar-refractivity contribution in [3.63, 3.8) is 0 Å². The molecule has 1 nitrogen and oxygen atoms in total. The lowest BCUT2D eigenvalue weighted by atomic mass is 9.94. The molecule has 84 valence electrons. The highest BCUT2D eigenvalue weighted by atomic mass is 79.9. The second-order valence-electron chi connectivity index (χ2n) is 4.49. The van der Waals surface area contributed by atoms with Crippen molar-refractivity contribution in [1.29, 1.82) is 0 Å². The first-order valence-corrected chi connectivity index (χ1v) is 7.28. The van der Waals surface area contributed by atoms with Gasteiger partial charge in [-0.1, -0.05) is 6.92 Å². The van der Waals surface area contributed by atoms with Crippen LogP contribution in [-0.4, -0.2) is 13.1 Å². The third-order valence-corrected chi connectivity index (χ3v) is 5.42. The molecule has 3 heteroatoms. The highest BCUT2D eigenvalue weighted by Gasteiger charge is 2.32. The van der Waals surface area contributed by atoms with Crippen LogP contribution < -0.4 is 5.32 Å². The highest BCUT2D eigenvalue weighted by Crippen LogP contribution is 2.39. The zero-order chi connectivity index (χ0) is 10.8. The summed E-state index contributed by atoms with van der Waals surface area (Å²) in [5, 5.41) is 5.64. The van der Waals surface area contributed by atoms with Crippen LogP contribution >= 0.6 is 27.3 Å². The highest BCUT2D eigenvalue weighted by molar-refractivity contribution is 9.10. The lowest BCUT2D eigenvalue weighted by molar-refractivity contribution is 0.359. The molecule has 1 saturated carbocycles. The molecule has 1 aliphatic rings. The number of rotatable bonds is 5. The van der Waals surface area contributed by atoms with Crippen molar-refractivity contribution >= 4 is 27.3 Å². The second-order valence-corrected chi connectivity index (χ2v) is 6.34. The van der Waals surface area contributed by atoms with Crippen LogP contribution in [0.2, 0.25) is 0 Å². The molecule has 0 spiro atoms. The minimum absolute atomic E-state index is 0.632. The Kier molecular flexibility index (Phi) is 3.86. The molecule has 1 aliphatic carbocycles. The molecule has 2 atom stereocenters. The zero-order valence-corrected chi connectivity index (χ0v) is 11.7. The molecule has 1 aromatic rings. The Hall–Kier alpha value is 0.140. The van der Waals surface area contributed by atoms with E-state index in [4.69, 9.17) is 0 Å². The summed E-state index contributed by atoms with van der Waals surface area (Å²) < 4.78 is 1.27. The van der Waals surface area contributed by atoms with Gasteiger partial charge < -0.3 is 5.32 Å². The Morgan fingerprint density at radius 2 is 2.33 bits per heavy atom. The largest absolute Gasteiger partial charge is 0.316 e. The summed E-state index contributed by atoms with van der Waals surface area (Å²) in [4.78, 5) is 1.47. The Morgan fingerprint density at radius 3 is 2.80 bits per heavy atom. The smallest absolute Gasteiger partial charge is 0.0314 e. The Balaban J connectivity index is 1.98. The lowest BCUT2D eigenvalue weighted by Crippen LogP contribution is -2.35. The molecular weight excluding hydrogens is 270 g/mol. The van der Waals surface area contributed by atoms with Gasteiger partial charge in [0.05, 0.1) is 0 Å². The second kappa shape index (κ2) is 4.98. The molecule has 0 saturated heterocycles. The van der Waals surface area contributed by atoms with E-state index < -0.39 is 0 Å². The van der Waals surface area contributed by atoms with E-state index in [1.54, 1.807) is 0 Å². The minimum atomic E-state index is 0.632. The van der Waals surface area contributed by atoms with Crippen molar-refractivity contribution in [2.75, 3.05) is 7.05 Å². The molecule has 1 heterocycles. The first kappa shape index (κ1) is 11.6. The normalized spacial score (nSPS) is 20.2. The van der Waals surface area contributed by atoms with E-state index >= 15 is 0 Å². The molecule has 15 heavy (non-hydrogen) atoms. The average Bonchev–Trinajstić information content (AvgIpc) is 3.00. The van der Waals surface area contributed by atoms with Gasteiger partial charge in [0.1, 0.15) is 0 Å². The van der Waals surface area contributed by atoms with Crippen LogP contribution in [0.1, 0.15) is 24.6 Å². The van der Waals surface area contributed by atoms with Crippen LogP contribution in [0, 0.1) is 11.8 Å². The van der Waals surface area contributed by atoms with Gasteiger partial charge in [0.25, 0.3) is 0 Å². The summed E-state index contributed by atoms with van der Waals surface area (Å²) in [6.45, 7) is 2.39. The maximum absolute atomic E-state index is 3.61. The fraction of sp³-hybridized carbons (Fsp3) is 0.667. The lowest BCUT2D eigenvalue weighted by Gasteiger charge is -2.23. The van der Waals surface area contributed by atoms with Crippen molar-refractivity contribution in [3.05, 3.63) is 20.8 Å². The number of thiophene rings is 1. The van der Waals surface area contributed by atoms with Gasteiger partial charge in [0, 0.05) is 15.4 Å². The predicted molar refractivity (Wildman–Crippen MR) is 70.5 cm³/mol. The summed E-state index contributed by atoms with van der Waals surface area (Å²) in [6, 6.07) is 2.78. The van der Waals surface area contributed by atoms with Crippen LogP contribution in [0.15, 0.2) is 15.9 Å². The molecule has 0 aliphatic heterocycles. The van der Waals surface area contributed by atoms with Gasteiger partial charge >= 0.3 is 0 Å². The fourth-order valence-corrected chi connectivity index (χ4v) is 3.75. The van der Waals surface area contributed by atoms with E-state index in [1.165, 1.54) is 22.2 Å². The first-order chi connectivity index (χ1) is 7.22. The topological polar surface area (TPSA) is 12.0 Å². The Bertz CT molecular complexity index is 319. The van der Waals surface area contributed by atoms with Gasteiger partial charge in [-0.05, 0) is 65.5 Å². The predicted octanol–water partition coefficient (Wildman–Crippen LogP) is 3.69. The quantitative estimate of drug-likeness (QED) is 0.871. The van der Waals surface area contributed by atoms with E-state index in [0.717, 1.165) is 18.3 Å². The maximum Gasteiger partial charge on any atom is 0.0314 e. The fourth-order valence-electron chi connectivity index (χ4n) is 2.17. The van der Waals surface area contributed by atoms with Gasteiger partial charge in [-0.2, -0.15) is 0 Å². The summed E-state index contributed by atoms with van der Waals surface area (Å²) in [5.41, 5.74) is 0. The van der Waals surface area contributed by atoms with Crippen molar-refractivity contribution in [2.24, 2.45) is 11.8 Å².